The van der Waals surface area contributed by atoms with E-state index in [0.29, 0.717) is 0 Å². The van der Waals surface area contributed by atoms with E-state index in [0.717, 1.165) is 5.56 Å². The smallest absolute Gasteiger partial charge is 0.100 e. The molecular weight excluding hydrogens is 203 g/mol. The van der Waals surface area contributed by atoms with E-state index in [1.54, 1.807) is 0 Å². The Balaban J connectivity index is 3.41. The Morgan fingerprint density at radius 1 is 0.923 bits per heavy atom. The highest BCUT2D eigenvalue weighted by molar-refractivity contribution is 6.44. The minimum absolute atomic E-state index is 0.419. The van der Waals surface area contributed by atoms with Crippen LogP contribution < -0.4 is 0 Å². The molecule has 0 bridgehead atoms. The molecule has 0 N–H and O–H groups in total. The summed E-state index contributed by atoms with van der Waals surface area (Å²) >= 11 is 11.7. The maximum atomic E-state index is 5.87. The highest BCUT2D eigenvalue weighted by Crippen LogP contribution is 2.31. The zero-order valence-corrected chi connectivity index (χ0v) is 9.92. The van der Waals surface area contributed by atoms with Crippen LogP contribution in [0.25, 0.3) is 0 Å². The first kappa shape index (κ1) is 10.9. The maximum Gasteiger partial charge on any atom is 0.133 e. The molecule has 0 heterocycles. The van der Waals surface area contributed by atoms with Gasteiger partial charge in [0.15, 0.2) is 0 Å². The second-order valence-corrected chi connectivity index (χ2v) is 4.55. The van der Waals surface area contributed by atoms with Crippen molar-refractivity contribution in [1.29, 1.82) is 0 Å². The molecule has 0 radical (unpaired) electrons. The van der Waals surface area contributed by atoms with Crippen molar-refractivity contribution in [2.45, 2.75) is 32.5 Å². The van der Waals surface area contributed by atoms with Crippen LogP contribution in [-0.2, 0) is 0 Å². The molecule has 0 aliphatic heterocycles. The summed E-state index contributed by atoms with van der Waals surface area (Å²) in [6, 6.07) is 2.07. The normalized spacial score (nSPS) is 11.0. The Kier molecular flexibility index (Phi) is 3.26. The third-order valence-corrected chi connectivity index (χ3v) is 3.23. The Hall–Kier alpha value is -0.200. The summed E-state index contributed by atoms with van der Waals surface area (Å²) in [6.45, 7) is 8.38. The molecule has 1 aromatic rings. The fraction of sp³-hybridized carbons (Fsp3) is 0.455. The minimum Gasteiger partial charge on any atom is -0.100 e. The number of benzene rings is 1. The standard InChI is InChI=1S/C11H14Cl2/c1-6-5-10(11(12)13)9(4)8(3)7(6)2/h5,11H,1-4H3. The third-order valence-electron chi connectivity index (χ3n) is 2.76. The Morgan fingerprint density at radius 3 is 1.92 bits per heavy atom. The van der Waals surface area contributed by atoms with Crippen LogP contribution >= 0.6 is 23.2 Å². The zero-order chi connectivity index (χ0) is 10.2. The first-order valence-corrected chi connectivity index (χ1v) is 5.18. The number of halogens is 2. The van der Waals surface area contributed by atoms with Crippen molar-refractivity contribution in [1.82, 2.24) is 0 Å². The molecule has 0 unspecified atom stereocenters. The van der Waals surface area contributed by atoms with Gasteiger partial charge in [0.05, 0.1) is 0 Å². The lowest BCUT2D eigenvalue weighted by atomic mass is 9.95. The zero-order valence-electron chi connectivity index (χ0n) is 8.41. The molecule has 0 atom stereocenters. The molecule has 0 aromatic heterocycles. The quantitative estimate of drug-likeness (QED) is 0.611. The van der Waals surface area contributed by atoms with Gasteiger partial charge in [-0.1, -0.05) is 6.07 Å². The topological polar surface area (TPSA) is 0 Å². The van der Waals surface area contributed by atoms with E-state index < -0.39 is 4.84 Å². The van der Waals surface area contributed by atoms with Gasteiger partial charge in [0, 0.05) is 0 Å². The highest BCUT2D eigenvalue weighted by atomic mass is 35.5. The van der Waals surface area contributed by atoms with Crippen LogP contribution in [0.1, 0.15) is 32.7 Å². The van der Waals surface area contributed by atoms with Gasteiger partial charge in [-0.15, -0.1) is 23.2 Å². The van der Waals surface area contributed by atoms with Gasteiger partial charge in [-0.05, 0) is 55.5 Å². The summed E-state index contributed by atoms with van der Waals surface area (Å²) in [4.78, 5) is -0.419. The Labute approximate surface area is 89.9 Å². The molecule has 1 aromatic carbocycles. The Morgan fingerprint density at radius 2 is 1.46 bits per heavy atom. The predicted molar refractivity (Wildman–Crippen MR) is 59.8 cm³/mol. The largest absolute Gasteiger partial charge is 0.133 e. The summed E-state index contributed by atoms with van der Waals surface area (Å²) < 4.78 is 0. The van der Waals surface area contributed by atoms with Crippen LogP contribution in [0.15, 0.2) is 6.07 Å². The van der Waals surface area contributed by atoms with Crippen molar-refractivity contribution in [3.8, 4) is 0 Å². The SMILES string of the molecule is Cc1cc(C(Cl)Cl)c(C)c(C)c1C. The summed E-state index contributed by atoms with van der Waals surface area (Å²) in [5.74, 6) is 0. The predicted octanol–water partition coefficient (Wildman–Crippen LogP) is 4.40. The van der Waals surface area contributed by atoms with Crippen LogP contribution in [0.3, 0.4) is 0 Å². The van der Waals surface area contributed by atoms with Crippen LogP contribution in [0.5, 0.6) is 0 Å². The molecule has 0 aliphatic rings. The lowest BCUT2D eigenvalue weighted by molar-refractivity contribution is 1.15. The molecule has 2 heteroatoms. The molecule has 0 spiro atoms. The maximum absolute atomic E-state index is 5.87. The number of hydrogen-bond donors (Lipinski definition) is 0. The molecular formula is C11H14Cl2. The lowest BCUT2D eigenvalue weighted by Crippen LogP contribution is -1.97. The van der Waals surface area contributed by atoms with E-state index in [2.05, 4.69) is 33.8 Å². The monoisotopic (exact) mass is 216 g/mol. The molecule has 13 heavy (non-hydrogen) atoms. The number of alkyl halides is 2. The molecule has 0 amide bonds. The molecule has 0 saturated carbocycles. The minimum atomic E-state index is -0.419. The fourth-order valence-electron chi connectivity index (χ4n) is 1.47. The fourth-order valence-corrected chi connectivity index (χ4v) is 1.92. The van der Waals surface area contributed by atoms with Gasteiger partial charge in [-0.3, -0.25) is 0 Å². The van der Waals surface area contributed by atoms with Crippen molar-refractivity contribution >= 4 is 23.2 Å². The summed E-state index contributed by atoms with van der Waals surface area (Å²) in [6.07, 6.45) is 0. The van der Waals surface area contributed by atoms with Gasteiger partial charge < -0.3 is 0 Å². The van der Waals surface area contributed by atoms with Crippen molar-refractivity contribution in [3.63, 3.8) is 0 Å². The van der Waals surface area contributed by atoms with E-state index in [-0.39, 0.29) is 0 Å². The highest BCUT2D eigenvalue weighted by Gasteiger charge is 2.11. The van der Waals surface area contributed by atoms with E-state index in [9.17, 15) is 0 Å². The average molecular weight is 217 g/mol. The van der Waals surface area contributed by atoms with Gasteiger partial charge in [0.25, 0.3) is 0 Å². The van der Waals surface area contributed by atoms with Crippen LogP contribution in [0.4, 0.5) is 0 Å². The van der Waals surface area contributed by atoms with Gasteiger partial charge in [0.1, 0.15) is 4.84 Å². The molecule has 1 rings (SSSR count). The second-order valence-electron chi connectivity index (χ2n) is 3.46. The van der Waals surface area contributed by atoms with Crippen molar-refractivity contribution in [3.05, 3.63) is 33.9 Å². The van der Waals surface area contributed by atoms with Crippen molar-refractivity contribution < 1.29 is 0 Å². The second kappa shape index (κ2) is 3.89. The number of aryl methyl sites for hydroxylation is 1. The van der Waals surface area contributed by atoms with Crippen molar-refractivity contribution in [2.75, 3.05) is 0 Å². The van der Waals surface area contributed by atoms with Gasteiger partial charge in [0.2, 0.25) is 0 Å². The van der Waals surface area contributed by atoms with E-state index in [4.69, 9.17) is 23.2 Å². The summed E-state index contributed by atoms with van der Waals surface area (Å²) in [5, 5.41) is 0. The lowest BCUT2D eigenvalue weighted by Gasteiger charge is -2.14. The van der Waals surface area contributed by atoms with Gasteiger partial charge in [-0.25, -0.2) is 0 Å². The van der Waals surface area contributed by atoms with Gasteiger partial charge >= 0.3 is 0 Å². The van der Waals surface area contributed by atoms with E-state index in [1.807, 2.05) is 0 Å². The Bertz CT molecular complexity index is 327. The summed E-state index contributed by atoms with van der Waals surface area (Å²) in [7, 11) is 0. The third kappa shape index (κ3) is 2.00. The van der Waals surface area contributed by atoms with E-state index >= 15 is 0 Å². The first-order valence-electron chi connectivity index (χ1n) is 4.30. The average Bonchev–Trinajstić information content (AvgIpc) is 2.07. The van der Waals surface area contributed by atoms with Gasteiger partial charge in [-0.2, -0.15) is 0 Å². The van der Waals surface area contributed by atoms with Crippen molar-refractivity contribution in [2.24, 2.45) is 0 Å². The van der Waals surface area contributed by atoms with E-state index in [1.165, 1.54) is 22.3 Å². The number of rotatable bonds is 1. The molecule has 0 aliphatic carbocycles. The first-order chi connectivity index (χ1) is 5.95. The molecule has 0 nitrogen and oxygen atoms in total. The number of hydrogen-bond acceptors (Lipinski definition) is 0. The molecule has 0 fully saturated rings. The van der Waals surface area contributed by atoms with Crippen LogP contribution in [0.2, 0.25) is 0 Å². The van der Waals surface area contributed by atoms with Crippen LogP contribution in [-0.4, -0.2) is 0 Å². The molecule has 0 saturated heterocycles. The molecule has 72 valence electrons. The van der Waals surface area contributed by atoms with Crippen LogP contribution in [0, 0.1) is 27.7 Å². The summed E-state index contributed by atoms with van der Waals surface area (Å²) in [5.41, 5.74) is 6.11.